The molecule has 2 rings (SSSR count). The summed E-state index contributed by atoms with van der Waals surface area (Å²) in [4.78, 5) is 24.2. The third-order valence-corrected chi connectivity index (χ3v) is 6.67. The van der Waals surface area contributed by atoms with E-state index in [0.717, 1.165) is 31.3 Å². The molecule has 0 bridgehead atoms. The van der Waals surface area contributed by atoms with Crippen molar-refractivity contribution < 1.29 is 24.5 Å². The van der Waals surface area contributed by atoms with Crippen molar-refractivity contribution in [3.05, 3.63) is 45.8 Å². The van der Waals surface area contributed by atoms with Crippen LogP contribution in [0.2, 0.25) is 0 Å². The summed E-state index contributed by atoms with van der Waals surface area (Å²) in [5.41, 5.74) is 1.37. The van der Waals surface area contributed by atoms with Crippen LogP contribution in [0.4, 0.5) is 0 Å². The average Bonchev–Trinajstić information content (AvgIpc) is 3.28. The highest BCUT2D eigenvalue weighted by Gasteiger charge is 2.46. The highest BCUT2D eigenvalue weighted by atomic mass is 16.6. The van der Waals surface area contributed by atoms with Gasteiger partial charge in [-0.15, -0.1) is 0 Å². The van der Waals surface area contributed by atoms with Crippen LogP contribution in [0.5, 0.6) is 0 Å². The molecule has 2 atom stereocenters. The van der Waals surface area contributed by atoms with Gasteiger partial charge in [-0.2, -0.15) is 0 Å². The van der Waals surface area contributed by atoms with Gasteiger partial charge < -0.3 is 19.7 Å². The van der Waals surface area contributed by atoms with E-state index in [1.165, 1.54) is 12.5 Å². The first-order chi connectivity index (χ1) is 13.8. The number of carbonyl (C=O) groups excluding carboxylic acids is 2. The molecule has 0 N–H and O–H groups in total. The van der Waals surface area contributed by atoms with Crippen LogP contribution in [0.25, 0.3) is 0 Å². The molecule has 30 heavy (non-hydrogen) atoms. The molecule has 0 amide bonds. The Bertz CT molecular complexity index is 853. The van der Waals surface area contributed by atoms with E-state index in [2.05, 4.69) is 26.8 Å². The lowest BCUT2D eigenvalue weighted by molar-refractivity contribution is -0.315. The van der Waals surface area contributed by atoms with E-state index in [0.29, 0.717) is 12.5 Å². The molecule has 1 saturated heterocycles. The molecule has 1 aliphatic carbocycles. The van der Waals surface area contributed by atoms with Crippen LogP contribution in [0, 0.1) is 5.41 Å². The maximum absolute atomic E-state index is 12.8. The maximum atomic E-state index is 12.8. The number of carbonyl (C=O) groups is 2. The zero-order chi connectivity index (χ0) is 22.9. The molecule has 1 fully saturated rings. The Labute approximate surface area is 180 Å². The highest BCUT2D eigenvalue weighted by molar-refractivity contribution is 6.08. The lowest BCUT2D eigenvalue weighted by Gasteiger charge is -2.39. The molecule has 0 aromatic heterocycles. The third kappa shape index (κ3) is 5.12. The van der Waals surface area contributed by atoms with Crippen LogP contribution in [0.3, 0.4) is 0 Å². The summed E-state index contributed by atoms with van der Waals surface area (Å²) in [7, 11) is 0. The third-order valence-electron chi connectivity index (χ3n) is 6.67. The lowest BCUT2D eigenvalue weighted by Crippen LogP contribution is -2.41. The average molecular weight is 415 g/mol. The number of Topliss-reactive ketones (excluding diaryl/α,β-unsaturated/α-hetero) is 1. The molecule has 5 heteroatoms. The van der Waals surface area contributed by atoms with E-state index < -0.39 is 17.1 Å². The van der Waals surface area contributed by atoms with Crippen molar-refractivity contribution in [2.45, 2.75) is 92.3 Å². The molecule has 0 aromatic carbocycles. The Hall–Kier alpha value is -2.14. The zero-order valence-electron chi connectivity index (χ0n) is 19.3. The fourth-order valence-corrected chi connectivity index (χ4v) is 4.04. The number of aliphatic carboxylic acids is 1. The number of epoxide rings is 1. The Morgan fingerprint density at radius 3 is 2.20 bits per heavy atom. The Morgan fingerprint density at radius 1 is 1.10 bits per heavy atom. The molecule has 0 saturated carbocycles. The fourth-order valence-electron chi connectivity index (χ4n) is 4.04. The van der Waals surface area contributed by atoms with Gasteiger partial charge in [-0.05, 0) is 91.7 Å². The van der Waals surface area contributed by atoms with Gasteiger partial charge in [-0.3, -0.25) is 4.79 Å². The summed E-state index contributed by atoms with van der Waals surface area (Å²) in [6, 6.07) is 0. The number of ether oxygens (including phenoxy) is 1. The molecule has 1 aliphatic heterocycles. The molecule has 0 spiro atoms. The standard InChI is InChI=1S/C25H36O5/c1-15(11-12-19-24(5,6)30-19)9-8-10-16(2)13-14-25(7)18(4)20(23(28)29)21(26)17(3)22(25)27/h9,13,19,26H,8,10-12,14H2,1-7H3,(H,28,29)/p-2/b15-9+,16-13+/t19-,25+/m0/s1. The minimum atomic E-state index is -1.52. The second-order valence-electron chi connectivity index (χ2n) is 9.50. The number of hydrogen-bond donors (Lipinski definition) is 0. The quantitative estimate of drug-likeness (QED) is 0.426. The van der Waals surface area contributed by atoms with Crippen LogP contribution >= 0.6 is 0 Å². The number of allylic oxidation sites excluding steroid dienone is 6. The van der Waals surface area contributed by atoms with E-state index >= 15 is 0 Å². The van der Waals surface area contributed by atoms with Crippen molar-refractivity contribution in [3.8, 4) is 0 Å². The van der Waals surface area contributed by atoms with E-state index in [9.17, 15) is 19.8 Å². The number of hydrogen-bond acceptors (Lipinski definition) is 5. The summed E-state index contributed by atoms with van der Waals surface area (Å²) < 4.78 is 5.62. The Kier molecular flexibility index (Phi) is 7.18. The summed E-state index contributed by atoms with van der Waals surface area (Å²) in [5.74, 6) is -2.55. The van der Waals surface area contributed by atoms with Gasteiger partial charge in [-0.25, -0.2) is 0 Å². The normalized spacial score (nSPS) is 27.0. The van der Waals surface area contributed by atoms with Gasteiger partial charge >= 0.3 is 0 Å². The van der Waals surface area contributed by atoms with Crippen LogP contribution < -0.4 is 10.2 Å². The van der Waals surface area contributed by atoms with Crippen molar-refractivity contribution in [2.24, 2.45) is 5.41 Å². The van der Waals surface area contributed by atoms with Crippen molar-refractivity contribution in [1.82, 2.24) is 0 Å². The van der Waals surface area contributed by atoms with Gasteiger partial charge in [-0.1, -0.05) is 34.6 Å². The van der Waals surface area contributed by atoms with Crippen molar-refractivity contribution in [3.63, 3.8) is 0 Å². The predicted molar refractivity (Wildman–Crippen MR) is 113 cm³/mol. The smallest absolute Gasteiger partial charge is 0.168 e. The molecule has 0 aromatic rings. The molecule has 0 unspecified atom stereocenters. The lowest BCUT2D eigenvalue weighted by atomic mass is 9.68. The summed E-state index contributed by atoms with van der Waals surface area (Å²) in [6.07, 6.45) is 8.82. The van der Waals surface area contributed by atoms with Crippen LogP contribution in [-0.2, 0) is 14.3 Å². The van der Waals surface area contributed by atoms with Crippen molar-refractivity contribution >= 4 is 11.8 Å². The summed E-state index contributed by atoms with van der Waals surface area (Å²) in [6.45, 7) is 13.0. The first-order valence-electron chi connectivity index (χ1n) is 10.7. The van der Waals surface area contributed by atoms with E-state index in [1.54, 1.807) is 13.8 Å². The second-order valence-corrected chi connectivity index (χ2v) is 9.50. The monoisotopic (exact) mass is 414 g/mol. The van der Waals surface area contributed by atoms with Crippen LogP contribution in [0.1, 0.15) is 80.6 Å². The minimum absolute atomic E-state index is 0.0327. The van der Waals surface area contributed by atoms with E-state index in [1.807, 2.05) is 13.0 Å². The van der Waals surface area contributed by atoms with Gasteiger partial charge in [0.15, 0.2) is 5.78 Å². The first-order valence-corrected chi connectivity index (χ1v) is 10.7. The molecule has 0 radical (unpaired) electrons. The topological polar surface area (TPSA) is 92.8 Å². The highest BCUT2D eigenvalue weighted by Crippen LogP contribution is 2.42. The molecule has 2 aliphatic rings. The fraction of sp³-hybridized carbons (Fsp3) is 0.600. The van der Waals surface area contributed by atoms with E-state index in [-0.39, 0.29) is 28.1 Å². The molecular formula is C25H34O5-2. The van der Waals surface area contributed by atoms with E-state index in [4.69, 9.17) is 4.74 Å². The predicted octanol–water partition coefficient (Wildman–Crippen LogP) is 3.30. The zero-order valence-corrected chi connectivity index (χ0v) is 19.3. The SMILES string of the molecule is CC1=C([O-])C(C(=O)[O-])=C(C)[C@@](C)(C/C=C(\C)CC/C=C(\C)CC[C@@H]2OC2(C)C)C1=O. The van der Waals surface area contributed by atoms with Crippen LogP contribution in [-0.4, -0.2) is 23.5 Å². The first kappa shape index (κ1) is 24.1. The molecule has 1 heterocycles. The number of carboxylic acids is 1. The van der Waals surface area contributed by atoms with Gasteiger partial charge in [0.25, 0.3) is 0 Å². The van der Waals surface area contributed by atoms with Crippen molar-refractivity contribution in [1.29, 1.82) is 0 Å². The number of ketones is 1. The summed E-state index contributed by atoms with van der Waals surface area (Å²) in [5, 5.41) is 23.6. The number of carboxylic acid groups (broad SMARTS) is 1. The molecule has 166 valence electrons. The van der Waals surface area contributed by atoms with Crippen LogP contribution in [0.15, 0.2) is 45.8 Å². The molecular weight excluding hydrogens is 380 g/mol. The Balaban J connectivity index is 1.97. The molecule has 5 nitrogen and oxygen atoms in total. The van der Waals surface area contributed by atoms with Gasteiger partial charge in [0, 0.05) is 0 Å². The minimum Gasteiger partial charge on any atom is -0.872 e. The Morgan fingerprint density at radius 2 is 1.67 bits per heavy atom. The maximum Gasteiger partial charge on any atom is 0.168 e. The van der Waals surface area contributed by atoms with Gasteiger partial charge in [0.1, 0.15) is 0 Å². The van der Waals surface area contributed by atoms with Gasteiger partial charge in [0.2, 0.25) is 0 Å². The second kappa shape index (κ2) is 8.93. The van der Waals surface area contributed by atoms with Crippen molar-refractivity contribution in [2.75, 3.05) is 0 Å². The number of rotatable bonds is 9. The summed E-state index contributed by atoms with van der Waals surface area (Å²) >= 11 is 0. The van der Waals surface area contributed by atoms with Gasteiger partial charge in [0.05, 0.1) is 23.1 Å². The largest absolute Gasteiger partial charge is 0.872 e.